The van der Waals surface area contributed by atoms with Crippen LogP contribution in [-0.4, -0.2) is 52.9 Å². The van der Waals surface area contributed by atoms with Crippen LogP contribution in [-0.2, 0) is 19.1 Å². The zero-order valence-corrected chi connectivity index (χ0v) is 19.1. The van der Waals surface area contributed by atoms with Crippen LogP contribution in [0, 0.1) is 11.8 Å². The number of imide groups is 1. The lowest BCUT2D eigenvalue weighted by Crippen LogP contribution is -2.52. The van der Waals surface area contributed by atoms with Crippen molar-refractivity contribution in [2.75, 3.05) is 6.61 Å². The fourth-order valence-electron chi connectivity index (χ4n) is 4.01. The van der Waals surface area contributed by atoms with E-state index < -0.39 is 47.9 Å². The minimum atomic E-state index is -0.988. The average molecular weight is 459 g/mol. The highest BCUT2D eigenvalue weighted by Gasteiger charge is 2.52. The first-order chi connectivity index (χ1) is 15.6. The van der Waals surface area contributed by atoms with Crippen LogP contribution in [0.15, 0.2) is 30.3 Å². The number of urea groups is 1. The number of hydrazine groups is 1. The van der Waals surface area contributed by atoms with Gasteiger partial charge in [-0.25, -0.2) is 9.59 Å². The van der Waals surface area contributed by atoms with Gasteiger partial charge in [-0.2, -0.15) is 5.01 Å². The van der Waals surface area contributed by atoms with Crippen LogP contribution >= 0.6 is 0 Å². The number of carbonyl (C=O) groups is 5. The summed E-state index contributed by atoms with van der Waals surface area (Å²) in [6, 6.07) is 6.73. The third-order valence-electron chi connectivity index (χ3n) is 6.11. The van der Waals surface area contributed by atoms with Crippen LogP contribution < -0.4 is 16.1 Å². The van der Waals surface area contributed by atoms with Gasteiger partial charge in [0.25, 0.3) is 17.7 Å². The van der Waals surface area contributed by atoms with Crippen molar-refractivity contribution in [3.63, 3.8) is 0 Å². The first-order valence-corrected chi connectivity index (χ1v) is 11.1. The molecule has 1 aromatic carbocycles. The van der Waals surface area contributed by atoms with Crippen LogP contribution in [0.3, 0.4) is 0 Å². The number of nitrogens with one attached hydrogen (secondary N) is 3. The van der Waals surface area contributed by atoms with Gasteiger partial charge in [-0.1, -0.05) is 39.0 Å². The van der Waals surface area contributed by atoms with Crippen molar-refractivity contribution in [3.05, 3.63) is 35.9 Å². The molecule has 3 N–H and O–H groups in total. The van der Waals surface area contributed by atoms with E-state index in [0.717, 1.165) is 12.8 Å². The van der Waals surface area contributed by atoms with Crippen molar-refractivity contribution in [3.8, 4) is 0 Å². The lowest BCUT2D eigenvalue weighted by atomic mass is 9.77. The van der Waals surface area contributed by atoms with Gasteiger partial charge in [0.2, 0.25) is 0 Å². The molecular formula is C23H30N4O6. The highest BCUT2D eigenvalue weighted by molar-refractivity contribution is 6.08. The summed E-state index contributed by atoms with van der Waals surface area (Å²) >= 11 is 0. The van der Waals surface area contributed by atoms with Crippen molar-refractivity contribution in [2.45, 2.75) is 58.0 Å². The zero-order chi connectivity index (χ0) is 24.2. The molecule has 1 aliphatic carbocycles. The molecule has 1 atom stereocenters. The molecule has 2 fully saturated rings. The Balaban J connectivity index is 1.53. The molecular weight excluding hydrogens is 428 g/mol. The third kappa shape index (κ3) is 5.50. The molecule has 0 unspecified atom stereocenters. The maximum Gasteiger partial charge on any atom is 0.344 e. The summed E-state index contributed by atoms with van der Waals surface area (Å²) in [6.07, 6.45) is 2.63. The monoisotopic (exact) mass is 458 g/mol. The van der Waals surface area contributed by atoms with E-state index in [4.69, 9.17) is 4.74 Å². The number of hydrogen-bond acceptors (Lipinski definition) is 6. The number of rotatable bonds is 7. The number of esters is 1. The number of ether oxygens (including phenoxy) is 1. The lowest BCUT2D eigenvalue weighted by molar-refractivity contribution is -0.153. The smallest absolute Gasteiger partial charge is 0.344 e. The van der Waals surface area contributed by atoms with E-state index in [9.17, 15) is 24.0 Å². The molecule has 178 valence electrons. The molecule has 0 radical (unpaired) electrons. The van der Waals surface area contributed by atoms with Crippen LogP contribution in [0.4, 0.5) is 4.79 Å². The zero-order valence-electron chi connectivity index (χ0n) is 19.1. The Bertz CT molecular complexity index is 924. The molecule has 2 aliphatic rings. The third-order valence-corrected chi connectivity index (χ3v) is 6.11. The number of amides is 5. The molecule has 0 aromatic heterocycles. The summed E-state index contributed by atoms with van der Waals surface area (Å²) in [5, 5.41) is 5.97. The van der Waals surface area contributed by atoms with Gasteiger partial charge in [0, 0.05) is 5.56 Å². The second-order valence-electron chi connectivity index (χ2n) is 9.04. The fourth-order valence-corrected chi connectivity index (χ4v) is 4.01. The summed E-state index contributed by atoms with van der Waals surface area (Å²) < 4.78 is 5.06. The normalized spacial score (nSPS) is 23.3. The highest BCUT2D eigenvalue weighted by atomic mass is 16.5. The molecule has 1 saturated carbocycles. The van der Waals surface area contributed by atoms with E-state index >= 15 is 0 Å². The number of benzene rings is 1. The molecule has 1 aromatic rings. The predicted octanol–water partition coefficient (Wildman–Crippen LogP) is 1.52. The quantitative estimate of drug-likeness (QED) is 0.419. The summed E-state index contributed by atoms with van der Waals surface area (Å²) in [5.41, 5.74) is 1.62. The van der Waals surface area contributed by atoms with Gasteiger partial charge < -0.3 is 15.4 Å². The summed E-state index contributed by atoms with van der Waals surface area (Å²) in [6.45, 7) is 4.85. The minimum Gasteiger partial charge on any atom is -0.454 e. The molecule has 1 spiro atoms. The molecule has 0 bridgehead atoms. The van der Waals surface area contributed by atoms with Crippen molar-refractivity contribution in [1.82, 2.24) is 21.1 Å². The van der Waals surface area contributed by atoms with Crippen LogP contribution in [0.1, 0.15) is 56.8 Å². The van der Waals surface area contributed by atoms with E-state index in [1.807, 2.05) is 0 Å². The first kappa shape index (κ1) is 24.2. The second-order valence-corrected chi connectivity index (χ2v) is 9.04. The maximum absolute atomic E-state index is 12.8. The average Bonchev–Trinajstić information content (AvgIpc) is 3.02. The summed E-state index contributed by atoms with van der Waals surface area (Å²) in [7, 11) is 0. The van der Waals surface area contributed by atoms with Gasteiger partial charge >= 0.3 is 12.0 Å². The second kappa shape index (κ2) is 10.0. The summed E-state index contributed by atoms with van der Waals surface area (Å²) in [4.78, 5) is 62.3. The highest BCUT2D eigenvalue weighted by Crippen LogP contribution is 2.35. The van der Waals surface area contributed by atoms with E-state index in [1.54, 1.807) is 44.2 Å². The Labute approximate surface area is 192 Å². The lowest BCUT2D eigenvalue weighted by Gasteiger charge is -2.33. The van der Waals surface area contributed by atoms with Crippen LogP contribution in [0.5, 0.6) is 0 Å². The largest absolute Gasteiger partial charge is 0.454 e. The van der Waals surface area contributed by atoms with Gasteiger partial charge in [0.05, 0.1) is 0 Å². The van der Waals surface area contributed by atoms with Gasteiger partial charge in [-0.05, 0) is 49.7 Å². The van der Waals surface area contributed by atoms with Crippen molar-refractivity contribution < 1.29 is 28.7 Å². The number of carbonyl (C=O) groups excluding carboxylic acids is 5. The Morgan fingerprint density at radius 3 is 2.39 bits per heavy atom. The predicted molar refractivity (Wildman–Crippen MR) is 117 cm³/mol. The minimum absolute atomic E-state index is 0.298. The van der Waals surface area contributed by atoms with Gasteiger partial charge in [-0.3, -0.25) is 19.8 Å². The van der Waals surface area contributed by atoms with E-state index in [1.165, 1.54) is 0 Å². The first-order valence-electron chi connectivity index (χ1n) is 11.1. The molecule has 5 amide bonds. The van der Waals surface area contributed by atoms with Crippen molar-refractivity contribution in [1.29, 1.82) is 0 Å². The van der Waals surface area contributed by atoms with Crippen LogP contribution in [0.25, 0.3) is 0 Å². The van der Waals surface area contributed by atoms with E-state index in [0.29, 0.717) is 29.3 Å². The van der Waals surface area contributed by atoms with E-state index in [2.05, 4.69) is 23.0 Å². The van der Waals surface area contributed by atoms with Gasteiger partial charge in [-0.15, -0.1) is 0 Å². The SMILES string of the molecule is CC1CCC2(CC1)NC(=O)N(NC(=O)COC(=O)[C@@H](NC(=O)c1ccccc1)C(C)C)C2=O. The fraction of sp³-hybridized carbons (Fsp3) is 0.522. The maximum atomic E-state index is 12.8. The number of hydrogen-bond donors (Lipinski definition) is 3. The molecule has 10 heteroatoms. The number of nitrogens with zero attached hydrogens (tertiary/aromatic N) is 1. The standard InChI is InChI=1S/C23H30N4O6/c1-14(2)18(24-19(29)16-7-5-4-6-8-16)20(30)33-13-17(28)26-27-21(31)23(25-22(27)32)11-9-15(3)10-12-23/h4-8,14-15,18H,9-13H2,1-3H3,(H,24,29)(H,25,32)(H,26,28)/t15?,18-,23?/m0/s1. The summed E-state index contributed by atoms with van der Waals surface area (Å²) in [5.74, 6) is -2.40. The Morgan fingerprint density at radius 2 is 1.79 bits per heavy atom. The molecule has 33 heavy (non-hydrogen) atoms. The Kier molecular flexibility index (Phi) is 7.35. The molecule has 10 nitrogen and oxygen atoms in total. The Hall–Kier alpha value is -3.43. The Morgan fingerprint density at radius 1 is 1.15 bits per heavy atom. The topological polar surface area (TPSA) is 134 Å². The molecule has 3 rings (SSSR count). The van der Waals surface area contributed by atoms with E-state index in [-0.39, 0.29) is 5.92 Å². The molecule has 1 aliphatic heterocycles. The van der Waals surface area contributed by atoms with Gasteiger partial charge in [0.15, 0.2) is 6.61 Å². The molecule has 1 heterocycles. The molecule has 1 saturated heterocycles. The van der Waals surface area contributed by atoms with Gasteiger partial charge in [0.1, 0.15) is 11.6 Å². The van der Waals surface area contributed by atoms with Crippen molar-refractivity contribution in [2.24, 2.45) is 11.8 Å². The van der Waals surface area contributed by atoms with Crippen LogP contribution in [0.2, 0.25) is 0 Å². The van der Waals surface area contributed by atoms with Crippen molar-refractivity contribution >= 4 is 29.7 Å².